The highest BCUT2D eigenvalue weighted by atomic mass is 19.1. The molecule has 2 rings (SSSR count). The van der Waals surface area contributed by atoms with Gasteiger partial charge in [0.05, 0.1) is 13.2 Å². The summed E-state index contributed by atoms with van der Waals surface area (Å²) in [6, 6.07) is 3.49. The second-order valence-electron chi connectivity index (χ2n) is 4.51. The van der Waals surface area contributed by atoms with E-state index in [0.29, 0.717) is 18.1 Å². The second-order valence-corrected chi connectivity index (χ2v) is 4.51. The molecule has 2 nitrogen and oxygen atoms in total. The van der Waals surface area contributed by atoms with E-state index in [0.717, 1.165) is 25.6 Å². The topological polar surface area (TPSA) is 21.3 Å². The Balaban J connectivity index is 1.77. The van der Waals surface area contributed by atoms with Gasteiger partial charge in [0.25, 0.3) is 0 Å². The summed E-state index contributed by atoms with van der Waals surface area (Å²) < 4.78 is 31.3. The minimum atomic E-state index is -0.553. The van der Waals surface area contributed by atoms with Gasteiger partial charge >= 0.3 is 0 Å². The van der Waals surface area contributed by atoms with Gasteiger partial charge in [-0.1, -0.05) is 0 Å². The van der Waals surface area contributed by atoms with Gasteiger partial charge in [0, 0.05) is 12.6 Å². The van der Waals surface area contributed by atoms with Gasteiger partial charge in [0.1, 0.15) is 11.6 Å². The summed E-state index contributed by atoms with van der Waals surface area (Å²) >= 11 is 0. The maximum atomic E-state index is 12.9. The molecular formula is C13H17F2NO. The first-order chi connectivity index (χ1) is 8.24. The van der Waals surface area contributed by atoms with Crippen molar-refractivity contribution in [3.8, 4) is 0 Å². The number of hydrogen-bond donors (Lipinski definition) is 1. The molecule has 0 aliphatic carbocycles. The Morgan fingerprint density at radius 2 is 2.00 bits per heavy atom. The van der Waals surface area contributed by atoms with E-state index in [1.807, 2.05) is 0 Å². The van der Waals surface area contributed by atoms with Crippen LogP contribution in [0.15, 0.2) is 18.2 Å². The molecule has 0 radical (unpaired) electrons. The highest BCUT2D eigenvalue weighted by molar-refractivity contribution is 5.16. The maximum absolute atomic E-state index is 12.9. The number of ether oxygens (including phenoxy) is 1. The van der Waals surface area contributed by atoms with Gasteiger partial charge in [0.15, 0.2) is 0 Å². The molecule has 1 aliphatic heterocycles. The molecule has 1 aromatic carbocycles. The quantitative estimate of drug-likeness (QED) is 0.874. The zero-order chi connectivity index (χ0) is 12.1. The van der Waals surface area contributed by atoms with Crippen molar-refractivity contribution < 1.29 is 13.5 Å². The Labute approximate surface area is 100.0 Å². The summed E-state index contributed by atoms with van der Waals surface area (Å²) in [5.74, 6) is -0.590. The van der Waals surface area contributed by atoms with Crippen LogP contribution in [0.25, 0.3) is 0 Å². The van der Waals surface area contributed by atoms with E-state index in [1.54, 1.807) is 0 Å². The lowest BCUT2D eigenvalue weighted by molar-refractivity contribution is 0.0780. The molecule has 1 N–H and O–H groups in total. The lowest BCUT2D eigenvalue weighted by Gasteiger charge is -2.22. The van der Waals surface area contributed by atoms with Crippen LogP contribution in [0.4, 0.5) is 8.78 Å². The molecule has 0 bridgehead atoms. The molecule has 1 fully saturated rings. The van der Waals surface area contributed by atoms with Crippen LogP contribution in [0, 0.1) is 17.6 Å². The van der Waals surface area contributed by atoms with Crippen LogP contribution in [0.5, 0.6) is 0 Å². The van der Waals surface area contributed by atoms with E-state index < -0.39 is 11.6 Å². The van der Waals surface area contributed by atoms with Crippen LogP contribution < -0.4 is 5.32 Å². The van der Waals surface area contributed by atoms with Crippen LogP contribution in [0.3, 0.4) is 0 Å². The number of benzene rings is 1. The van der Waals surface area contributed by atoms with Crippen molar-refractivity contribution >= 4 is 0 Å². The van der Waals surface area contributed by atoms with Crippen molar-refractivity contribution in [1.29, 1.82) is 0 Å². The van der Waals surface area contributed by atoms with E-state index in [9.17, 15) is 8.78 Å². The van der Waals surface area contributed by atoms with E-state index in [2.05, 4.69) is 5.32 Å². The average Bonchev–Trinajstić information content (AvgIpc) is 2.29. The first kappa shape index (κ1) is 12.5. The lowest BCUT2D eigenvalue weighted by atomic mass is 10.0. The molecule has 1 atom stereocenters. The fraction of sp³-hybridized carbons (Fsp3) is 0.538. The summed E-state index contributed by atoms with van der Waals surface area (Å²) in [6.07, 6.45) is 2.33. The largest absolute Gasteiger partial charge is 0.376 e. The van der Waals surface area contributed by atoms with Gasteiger partial charge in [-0.3, -0.25) is 0 Å². The second kappa shape index (κ2) is 6.07. The Morgan fingerprint density at radius 1 is 1.24 bits per heavy atom. The van der Waals surface area contributed by atoms with E-state index in [4.69, 9.17) is 4.74 Å². The van der Waals surface area contributed by atoms with Gasteiger partial charge in [-0.2, -0.15) is 0 Å². The fourth-order valence-corrected chi connectivity index (χ4v) is 2.10. The van der Waals surface area contributed by atoms with Gasteiger partial charge in [-0.25, -0.2) is 8.78 Å². The summed E-state index contributed by atoms with van der Waals surface area (Å²) in [5.41, 5.74) is 0.547. The lowest BCUT2D eigenvalue weighted by Crippen LogP contribution is -2.32. The van der Waals surface area contributed by atoms with Crippen molar-refractivity contribution in [2.24, 2.45) is 5.92 Å². The Bertz CT molecular complexity index is 344. The van der Waals surface area contributed by atoms with Crippen molar-refractivity contribution in [2.45, 2.75) is 19.4 Å². The minimum absolute atomic E-state index is 0.269. The fourth-order valence-electron chi connectivity index (χ4n) is 2.10. The predicted octanol–water partition coefficient (Wildman–Crippen LogP) is 2.48. The Hall–Kier alpha value is -1.00. The number of piperidine rings is 1. The average molecular weight is 241 g/mol. The van der Waals surface area contributed by atoms with Crippen LogP contribution in [0.1, 0.15) is 18.4 Å². The molecule has 0 amide bonds. The van der Waals surface area contributed by atoms with Gasteiger partial charge in [0.2, 0.25) is 0 Å². The van der Waals surface area contributed by atoms with E-state index in [-0.39, 0.29) is 6.61 Å². The number of halogens is 2. The normalized spacial score (nSPS) is 20.5. The van der Waals surface area contributed by atoms with Crippen molar-refractivity contribution in [1.82, 2.24) is 5.32 Å². The molecule has 0 aromatic heterocycles. The molecule has 0 spiro atoms. The monoisotopic (exact) mass is 241 g/mol. The van der Waals surface area contributed by atoms with Crippen LogP contribution >= 0.6 is 0 Å². The van der Waals surface area contributed by atoms with Crippen molar-refractivity contribution in [3.05, 3.63) is 35.4 Å². The molecule has 1 aromatic rings. The molecule has 1 aliphatic rings. The summed E-state index contributed by atoms with van der Waals surface area (Å²) in [7, 11) is 0. The maximum Gasteiger partial charge on any atom is 0.126 e. The molecule has 0 unspecified atom stereocenters. The summed E-state index contributed by atoms with van der Waals surface area (Å²) in [4.78, 5) is 0. The van der Waals surface area contributed by atoms with Gasteiger partial charge in [-0.05, 0) is 43.0 Å². The number of rotatable bonds is 4. The first-order valence-corrected chi connectivity index (χ1v) is 5.97. The zero-order valence-corrected chi connectivity index (χ0v) is 9.72. The third-order valence-electron chi connectivity index (χ3n) is 2.94. The van der Waals surface area contributed by atoms with Crippen LogP contribution in [-0.4, -0.2) is 19.7 Å². The molecular weight excluding hydrogens is 224 g/mol. The van der Waals surface area contributed by atoms with Crippen molar-refractivity contribution in [2.75, 3.05) is 19.7 Å². The number of nitrogens with one attached hydrogen (secondary N) is 1. The molecule has 1 heterocycles. The zero-order valence-electron chi connectivity index (χ0n) is 9.72. The minimum Gasteiger partial charge on any atom is -0.376 e. The highest BCUT2D eigenvalue weighted by Gasteiger charge is 2.12. The van der Waals surface area contributed by atoms with Gasteiger partial charge in [-0.15, -0.1) is 0 Å². The highest BCUT2D eigenvalue weighted by Crippen LogP contribution is 2.13. The SMILES string of the molecule is Fc1cc(F)cc(COC[C@H]2CCCNC2)c1. The van der Waals surface area contributed by atoms with Crippen LogP contribution in [0.2, 0.25) is 0 Å². The molecule has 4 heteroatoms. The number of hydrogen-bond acceptors (Lipinski definition) is 2. The van der Waals surface area contributed by atoms with E-state index in [1.165, 1.54) is 18.6 Å². The Kier molecular flexibility index (Phi) is 4.45. The molecule has 0 saturated carbocycles. The summed E-state index contributed by atoms with van der Waals surface area (Å²) in [6.45, 7) is 2.96. The third-order valence-corrected chi connectivity index (χ3v) is 2.94. The van der Waals surface area contributed by atoms with Gasteiger partial charge < -0.3 is 10.1 Å². The summed E-state index contributed by atoms with van der Waals surface area (Å²) in [5, 5.41) is 3.30. The molecule has 94 valence electrons. The first-order valence-electron chi connectivity index (χ1n) is 5.97. The van der Waals surface area contributed by atoms with Crippen LogP contribution in [-0.2, 0) is 11.3 Å². The molecule has 1 saturated heterocycles. The van der Waals surface area contributed by atoms with Crippen molar-refractivity contribution in [3.63, 3.8) is 0 Å². The predicted molar refractivity (Wildman–Crippen MR) is 61.6 cm³/mol. The standard InChI is InChI=1S/C13H17F2NO/c14-12-4-11(5-13(15)6-12)9-17-8-10-2-1-3-16-7-10/h4-6,10,16H,1-3,7-9H2/t10-/m0/s1. The molecule has 17 heavy (non-hydrogen) atoms. The third kappa shape index (κ3) is 4.06. The van der Waals surface area contributed by atoms with E-state index >= 15 is 0 Å². The Morgan fingerprint density at radius 3 is 2.65 bits per heavy atom. The smallest absolute Gasteiger partial charge is 0.126 e.